The number of benzene rings is 1. The summed E-state index contributed by atoms with van der Waals surface area (Å²) in [6, 6.07) is 2.48. The predicted octanol–water partition coefficient (Wildman–Crippen LogP) is -0.459. The van der Waals surface area contributed by atoms with Gasteiger partial charge in [-0.3, -0.25) is 24.2 Å². The van der Waals surface area contributed by atoms with Gasteiger partial charge in [0.05, 0.1) is 6.04 Å². The van der Waals surface area contributed by atoms with Crippen molar-refractivity contribution in [3.63, 3.8) is 0 Å². The van der Waals surface area contributed by atoms with Crippen molar-refractivity contribution in [1.82, 2.24) is 20.9 Å². The fraction of sp³-hybridized carbons (Fsp3) is 0.500. The number of carboxylic acid groups (broad SMARTS) is 2. The molecular formula is C28H42N8O7. The van der Waals surface area contributed by atoms with E-state index in [1.54, 1.807) is 19.2 Å². The molecule has 2 aromatic rings. The van der Waals surface area contributed by atoms with Gasteiger partial charge in [0.1, 0.15) is 18.1 Å². The number of aromatic nitrogens is 1. The number of fused-ring (bicyclic) bond motifs is 1. The number of nitrogens with one attached hydrogen (secondary N) is 4. The zero-order chi connectivity index (χ0) is 32.1. The Morgan fingerprint density at radius 2 is 1.63 bits per heavy atom. The molecule has 1 aromatic carbocycles. The number of guanidine groups is 1. The van der Waals surface area contributed by atoms with E-state index in [1.807, 2.05) is 25.1 Å². The molecule has 0 radical (unpaired) electrons. The summed E-state index contributed by atoms with van der Waals surface area (Å²) < 4.78 is 0. The van der Waals surface area contributed by atoms with Crippen molar-refractivity contribution in [3.8, 4) is 0 Å². The van der Waals surface area contributed by atoms with Gasteiger partial charge >= 0.3 is 11.9 Å². The highest BCUT2D eigenvalue weighted by Crippen LogP contribution is 2.19. The second-order valence-corrected chi connectivity index (χ2v) is 10.4. The molecule has 1 heterocycles. The molecule has 0 aliphatic rings. The number of carbonyl (C=O) groups is 5. The molecule has 3 amide bonds. The van der Waals surface area contributed by atoms with Crippen molar-refractivity contribution in [3.05, 3.63) is 36.0 Å². The van der Waals surface area contributed by atoms with Crippen LogP contribution in [0, 0.1) is 5.92 Å². The Balaban J connectivity index is 2.16. The number of para-hydroxylation sites is 1. The van der Waals surface area contributed by atoms with Gasteiger partial charge in [0.2, 0.25) is 17.7 Å². The van der Waals surface area contributed by atoms with E-state index in [0.29, 0.717) is 18.4 Å². The lowest BCUT2D eigenvalue weighted by atomic mass is 9.96. The van der Waals surface area contributed by atoms with Crippen LogP contribution in [-0.2, 0) is 30.4 Å². The maximum absolute atomic E-state index is 13.4. The lowest BCUT2D eigenvalue weighted by Gasteiger charge is -2.28. The molecule has 43 heavy (non-hydrogen) atoms. The monoisotopic (exact) mass is 602 g/mol. The van der Waals surface area contributed by atoms with Crippen LogP contribution in [-0.4, -0.2) is 81.5 Å². The number of rotatable bonds is 18. The van der Waals surface area contributed by atoms with Crippen LogP contribution in [0.5, 0.6) is 0 Å². The van der Waals surface area contributed by atoms with Crippen molar-refractivity contribution >= 4 is 46.5 Å². The number of hydrogen-bond acceptors (Lipinski definition) is 7. The summed E-state index contributed by atoms with van der Waals surface area (Å²) in [4.78, 5) is 69.7. The molecule has 236 valence electrons. The Hall–Kier alpha value is -4.66. The van der Waals surface area contributed by atoms with Crippen molar-refractivity contribution in [2.75, 3.05) is 6.54 Å². The van der Waals surface area contributed by atoms with Gasteiger partial charge in [-0.2, -0.15) is 0 Å². The van der Waals surface area contributed by atoms with Gasteiger partial charge in [0.15, 0.2) is 5.96 Å². The first kappa shape index (κ1) is 34.5. The third kappa shape index (κ3) is 10.9. The van der Waals surface area contributed by atoms with Crippen molar-refractivity contribution in [2.24, 2.45) is 28.1 Å². The lowest BCUT2D eigenvalue weighted by molar-refractivity contribution is -0.143. The van der Waals surface area contributed by atoms with E-state index in [1.165, 1.54) is 0 Å². The number of hydrogen-bond donors (Lipinski definition) is 9. The average molecular weight is 603 g/mol. The molecule has 2 rings (SSSR count). The van der Waals surface area contributed by atoms with E-state index < -0.39 is 60.2 Å². The summed E-state index contributed by atoms with van der Waals surface area (Å²) in [6.45, 7) is 3.81. The van der Waals surface area contributed by atoms with Crippen molar-refractivity contribution in [2.45, 2.75) is 76.5 Å². The molecule has 0 bridgehead atoms. The lowest BCUT2D eigenvalue weighted by Crippen LogP contribution is -2.58. The van der Waals surface area contributed by atoms with E-state index in [4.69, 9.17) is 17.2 Å². The van der Waals surface area contributed by atoms with E-state index in [0.717, 1.165) is 10.9 Å². The fourth-order valence-electron chi connectivity index (χ4n) is 4.40. The molecule has 0 fully saturated rings. The molecule has 5 atom stereocenters. The van der Waals surface area contributed by atoms with Gasteiger partial charge in [0, 0.05) is 36.5 Å². The zero-order valence-electron chi connectivity index (χ0n) is 24.3. The highest BCUT2D eigenvalue weighted by molar-refractivity contribution is 5.94. The minimum Gasteiger partial charge on any atom is -0.481 e. The first-order chi connectivity index (χ1) is 20.3. The number of aliphatic carboxylic acids is 2. The molecule has 0 aliphatic carbocycles. The number of carboxylic acids is 2. The summed E-state index contributed by atoms with van der Waals surface area (Å²) in [5.74, 6) is -5.17. The molecule has 1 aromatic heterocycles. The van der Waals surface area contributed by atoms with Gasteiger partial charge in [-0.15, -0.1) is 0 Å². The molecule has 0 aliphatic heterocycles. The molecule has 0 spiro atoms. The zero-order valence-corrected chi connectivity index (χ0v) is 24.3. The maximum atomic E-state index is 13.4. The fourth-order valence-corrected chi connectivity index (χ4v) is 4.40. The molecule has 15 nitrogen and oxygen atoms in total. The van der Waals surface area contributed by atoms with Crippen LogP contribution in [0.25, 0.3) is 10.9 Å². The third-order valence-electron chi connectivity index (χ3n) is 7.09. The first-order valence-corrected chi connectivity index (χ1v) is 14.1. The second kappa shape index (κ2) is 16.7. The Bertz CT molecular complexity index is 1310. The van der Waals surface area contributed by atoms with Gasteiger partial charge < -0.3 is 48.3 Å². The van der Waals surface area contributed by atoms with E-state index >= 15 is 0 Å². The maximum Gasteiger partial charge on any atom is 0.326 e. The SMILES string of the molecule is CCC(C)C(NC(=O)C(N)CCCN=C(N)N)C(=O)NC(CCC(=O)O)C(=O)NC(Cc1c[nH]c2ccccc12)C(=O)O. The number of amides is 3. The quantitative estimate of drug-likeness (QED) is 0.0602. The molecule has 5 unspecified atom stereocenters. The average Bonchev–Trinajstić information content (AvgIpc) is 3.37. The van der Waals surface area contributed by atoms with Crippen LogP contribution < -0.4 is 33.2 Å². The van der Waals surface area contributed by atoms with Crippen LogP contribution in [0.2, 0.25) is 0 Å². The molecular weight excluding hydrogens is 560 g/mol. The van der Waals surface area contributed by atoms with Crippen molar-refractivity contribution < 1.29 is 34.2 Å². The van der Waals surface area contributed by atoms with Gasteiger partial charge in [-0.05, 0) is 36.8 Å². The highest BCUT2D eigenvalue weighted by atomic mass is 16.4. The minimum atomic E-state index is -1.38. The molecule has 0 saturated carbocycles. The summed E-state index contributed by atoms with van der Waals surface area (Å²) in [7, 11) is 0. The minimum absolute atomic E-state index is 0.0582. The second-order valence-electron chi connectivity index (χ2n) is 10.4. The summed E-state index contributed by atoms with van der Waals surface area (Å²) >= 11 is 0. The Kier molecular flexibility index (Phi) is 13.4. The highest BCUT2D eigenvalue weighted by Gasteiger charge is 2.33. The third-order valence-corrected chi connectivity index (χ3v) is 7.09. The number of nitrogens with zero attached hydrogens (tertiary/aromatic N) is 1. The first-order valence-electron chi connectivity index (χ1n) is 14.1. The van der Waals surface area contributed by atoms with Crippen LogP contribution >= 0.6 is 0 Å². The summed E-state index contributed by atoms with van der Waals surface area (Å²) in [5.41, 5.74) is 18.0. The topological polar surface area (TPSA) is 268 Å². The van der Waals surface area contributed by atoms with Gasteiger partial charge in [-0.1, -0.05) is 38.5 Å². The number of aliphatic imine (C=N–C) groups is 1. The molecule has 15 heteroatoms. The van der Waals surface area contributed by atoms with Crippen LogP contribution in [0.15, 0.2) is 35.5 Å². The number of H-pyrrole nitrogens is 1. The Labute approximate surface area is 249 Å². The van der Waals surface area contributed by atoms with Crippen LogP contribution in [0.3, 0.4) is 0 Å². The van der Waals surface area contributed by atoms with Gasteiger partial charge in [0.25, 0.3) is 0 Å². The Morgan fingerprint density at radius 3 is 2.26 bits per heavy atom. The summed E-state index contributed by atoms with van der Waals surface area (Å²) in [5, 5.41) is 27.4. The predicted molar refractivity (Wildman–Crippen MR) is 160 cm³/mol. The number of nitrogens with two attached hydrogens (primary N) is 3. The summed E-state index contributed by atoms with van der Waals surface area (Å²) in [6.07, 6.45) is 1.97. The Morgan fingerprint density at radius 1 is 0.953 bits per heavy atom. The van der Waals surface area contributed by atoms with Crippen molar-refractivity contribution in [1.29, 1.82) is 0 Å². The largest absolute Gasteiger partial charge is 0.481 e. The van der Waals surface area contributed by atoms with E-state index in [9.17, 15) is 34.2 Å². The standard InChI is InChI=1S/C28H42N8O7/c1-3-15(2)23(36-24(39)18(29)8-6-12-32-28(30)31)26(41)34-20(10-11-22(37)38)25(40)35-21(27(42)43)13-16-14-33-19-9-5-4-7-17(16)19/h4-5,7,9,14-15,18,20-21,23,33H,3,6,8,10-13,29H2,1-2H3,(H,34,41)(H,35,40)(H,36,39)(H,37,38)(H,42,43)(H4,30,31,32). The molecule has 12 N–H and O–H groups in total. The van der Waals surface area contributed by atoms with E-state index in [-0.39, 0.29) is 37.7 Å². The number of carbonyl (C=O) groups excluding carboxylic acids is 3. The van der Waals surface area contributed by atoms with E-state index in [2.05, 4.69) is 25.9 Å². The van der Waals surface area contributed by atoms with Crippen LogP contribution in [0.4, 0.5) is 0 Å². The normalized spacial score (nSPS) is 14.5. The molecule has 0 saturated heterocycles. The smallest absolute Gasteiger partial charge is 0.326 e. The number of aromatic amines is 1. The van der Waals surface area contributed by atoms with Gasteiger partial charge in [-0.25, -0.2) is 4.79 Å². The van der Waals surface area contributed by atoms with Crippen LogP contribution in [0.1, 0.15) is 51.5 Å².